The molecule has 0 radical (unpaired) electrons. The topological polar surface area (TPSA) is 21.3 Å². The van der Waals surface area contributed by atoms with E-state index < -0.39 is 0 Å². The van der Waals surface area contributed by atoms with Gasteiger partial charge in [-0.2, -0.15) is 0 Å². The Labute approximate surface area is 112 Å². The Balaban J connectivity index is 2.95. The third kappa shape index (κ3) is 3.74. The fourth-order valence-electron chi connectivity index (χ4n) is 2.36. The first-order valence-corrected chi connectivity index (χ1v) is 6.82. The summed E-state index contributed by atoms with van der Waals surface area (Å²) >= 11 is 0. The maximum atomic E-state index is 5.37. The second-order valence-electron chi connectivity index (χ2n) is 5.49. The lowest BCUT2D eigenvalue weighted by Crippen LogP contribution is -2.18. The lowest BCUT2D eigenvalue weighted by molar-refractivity contribution is 0.410. The van der Waals surface area contributed by atoms with Gasteiger partial charge in [-0.15, -0.1) is 0 Å². The van der Waals surface area contributed by atoms with Gasteiger partial charge < -0.3 is 10.1 Å². The maximum absolute atomic E-state index is 5.37. The zero-order valence-electron chi connectivity index (χ0n) is 12.6. The minimum Gasteiger partial charge on any atom is -0.496 e. The Hall–Kier alpha value is -1.02. The molecule has 0 saturated heterocycles. The average Bonchev–Trinajstić information content (AvgIpc) is 2.33. The molecule has 1 aromatic rings. The van der Waals surface area contributed by atoms with Crippen LogP contribution in [0.1, 0.15) is 49.4 Å². The summed E-state index contributed by atoms with van der Waals surface area (Å²) in [5.74, 6) is 1.73. The number of aryl methyl sites for hydroxylation is 2. The largest absolute Gasteiger partial charge is 0.496 e. The van der Waals surface area contributed by atoms with Gasteiger partial charge >= 0.3 is 0 Å². The highest BCUT2D eigenvalue weighted by Gasteiger charge is 2.14. The molecule has 0 bridgehead atoms. The summed E-state index contributed by atoms with van der Waals surface area (Å²) in [6.07, 6.45) is 2.43. The molecule has 1 rings (SSSR count). The minimum absolute atomic E-state index is 0.442. The summed E-state index contributed by atoms with van der Waals surface area (Å²) < 4.78 is 5.37. The zero-order chi connectivity index (χ0) is 13.7. The molecule has 1 atom stereocenters. The molecule has 0 amide bonds. The van der Waals surface area contributed by atoms with E-state index in [1.54, 1.807) is 7.11 Å². The van der Waals surface area contributed by atoms with Crippen molar-refractivity contribution in [3.63, 3.8) is 0 Å². The number of hydrogen-bond acceptors (Lipinski definition) is 2. The highest BCUT2D eigenvalue weighted by molar-refractivity contribution is 5.42. The number of benzene rings is 1. The van der Waals surface area contributed by atoms with Crippen molar-refractivity contribution in [2.24, 2.45) is 5.92 Å². The Bertz CT molecular complexity index is 385. The molecule has 18 heavy (non-hydrogen) atoms. The molecule has 0 aliphatic carbocycles. The predicted molar refractivity (Wildman–Crippen MR) is 78.3 cm³/mol. The van der Waals surface area contributed by atoms with Crippen LogP contribution in [-0.4, -0.2) is 14.2 Å². The molecule has 0 saturated carbocycles. The number of nitrogens with one attached hydrogen (secondary N) is 1. The van der Waals surface area contributed by atoms with Crippen molar-refractivity contribution in [2.75, 3.05) is 14.2 Å². The van der Waals surface area contributed by atoms with E-state index in [9.17, 15) is 0 Å². The van der Waals surface area contributed by atoms with Gasteiger partial charge in [0, 0.05) is 6.04 Å². The summed E-state index contributed by atoms with van der Waals surface area (Å²) in [4.78, 5) is 0. The highest BCUT2D eigenvalue weighted by Crippen LogP contribution is 2.29. The van der Waals surface area contributed by atoms with Crippen LogP contribution in [-0.2, 0) is 0 Å². The summed E-state index contributed by atoms with van der Waals surface area (Å²) in [5, 5.41) is 3.44. The van der Waals surface area contributed by atoms with Gasteiger partial charge in [-0.05, 0) is 62.4 Å². The standard InChI is InChI=1S/C16H27NO/c1-11(2)7-8-15(17-5)14-9-13(4)16(18-6)10-12(14)3/h9-11,15,17H,7-8H2,1-6H3. The van der Waals surface area contributed by atoms with Crippen LogP contribution in [0.4, 0.5) is 0 Å². The number of ether oxygens (including phenoxy) is 1. The first-order chi connectivity index (χ1) is 8.49. The van der Waals surface area contributed by atoms with Crippen LogP contribution in [0.3, 0.4) is 0 Å². The van der Waals surface area contributed by atoms with Crippen LogP contribution in [0.15, 0.2) is 12.1 Å². The van der Waals surface area contributed by atoms with Crippen LogP contribution in [0.5, 0.6) is 5.75 Å². The molecule has 0 heterocycles. The van der Waals surface area contributed by atoms with Gasteiger partial charge in [0.1, 0.15) is 5.75 Å². The molecule has 102 valence electrons. The van der Waals surface area contributed by atoms with Crippen LogP contribution < -0.4 is 10.1 Å². The van der Waals surface area contributed by atoms with Gasteiger partial charge in [0.05, 0.1) is 7.11 Å². The molecular weight excluding hydrogens is 222 g/mol. The molecule has 2 heteroatoms. The Morgan fingerprint density at radius 3 is 2.28 bits per heavy atom. The van der Waals surface area contributed by atoms with E-state index in [2.05, 4.69) is 45.1 Å². The van der Waals surface area contributed by atoms with E-state index in [0.717, 1.165) is 11.7 Å². The minimum atomic E-state index is 0.442. The van der Waals surface area contributed by atoms with Crippen LogP contribution in [0.2, 0.25) is 0 Å². The molecule has 0 aromatic heterocycles. The molecule has 1 aromatic carbocycles. The SMILES string of the molecule is CNC(CCC(C)C)c1cc(C)c(OC)cc1C. The first-order valence-electron chi connectivity index (χ1n) is 6.82. The predicted octanol–water partition coefficient (Wildman–Crippen LogP) is 4.01. The Kier molecular flexibility index (Phi) is 5.67. The molecule has 0 fully saturated rings. The van der Waals surface area contributed by atoms with E-state index in [-0.39, 0.29) is 0 Å². The fourth-order valence-corrected chi connectivity index (χ4v) is 2.36. The number of rotatable bonds is 6. The van der Waals surface area contributed by atoms with Crippen molar-refractivity contribution in [1.82, 2.24) is 5.32 Å². The quantitative estimate of drug-likeness (QED) is 0.822. The smallest absolute Gasteiger partial charge is 0.122 e. The Morgan fingerprint density at radius 2 is 1.78 bits per heavy atom. The molecule has 0 aliphatic rings. The lowest BCUT2D eigenvalue weighted by Gasteiger charge is -2.21. The zero-order valence-corrected chi connectivity index (χ0v) is 12.6. The maximum Gasteiger partial charge on any atom is 0.122 e. The van der Waals surface area contributed by atoms with Crippen molar-refractivity contribution in [1.29, 1.82) is 0 Å². The third-order valence-corrected chi connectivity index (χ3v) is 3.54. The van der Waals surface area contributed by atoms with E-state index in [1.165, 1.54) is 29.5 Å². The van der Waals surface area contributed by atoms with E-state index in [1.807, 2.05) is 7.05 Å². The van der Waals surface area contributed by atoms with E-state index in [0.29, 0.717) is 6.04 Å². The summed E-state index contributed by atoms with van der Waals surface area (Å²) in [7, 11) is 3.78. The molecule has 2 nitrogen and oxygen atoms in total. The summed E-state index contributed by atoms with van der Waals surface area (Å²) in [6.45, 7) is 8.83. The summed E-state index contributed by atoms with van der Waals surface area (Å²) in [6, 6.07) is 4.84. The van der Waals surface area contributed by atoms with Gasteiger partial charge in [0.25, 0.3) is 0 Å². The van der Waals surface area contributed by atoms with Crippen molar-refractivity contribution < 1.29 is 4.74 Å². The molecule has 0 spiro atoms. The summed E-state index contributed by atoms with van der Waals surface area (Å²) in [5.41, 5.74) is 3.92. The van der Waals surface area contributed by atoms with Gasteiger partial charge in [0.15, 0.2) is 0 Å². The normalized spacial score (nSPS) is 12.8. The van der Waals surface area contributed by atoms with Gasteiger partial charge in [-0.1, -0.05) is 19.9 Å². The average molecular weight is 249 g/mol. The van der Waals surface area contributed by atoms with Crippen LogP contribution >= 0.6 is 0 Å². The molecule has 0 aliphatic heterocycles. The fraction of sp³-hybridized carbons (Fsp3) is 0.625. The van der Waals surface area contributed by atoms with E-state index in [4.69, 9.17) is 4.74 Å². The number of methoxy groups -OCH3 is 1. The van der Waals surface area contributed by atoms with E-state index >= 15 is 0 Å². The number of hydrogen-bond donors (Lipinski definition) is 1. The second kappa shape index (κ2) is 6.79. The second-order valence-corrected chi connectivity index (χ2v) is 5.49. The van der Waals surface area contributed by atoms with Crippen molar-refractivity contribution in [3.05, 3.63) is 28.8 Å². The van der Waals surface area contributed by atoms with Crippen molar-refractivity contribution >= 4 is 0 Å². The van der Waals surface area contributed by atoms with Gasteiger partial charge in [-0.3, -0.25) is 0 Å². The van der Waals surface area contributed by atoms with Gasteiger partial charge in [-0.25, -0.2) is 0 Å². The lowest BCUT2D eigenvalue weighted by atomic mass is 9.93. The third-order valence-electron chi connectivity index (χ3n) is 3.54. The Morgan fingerprint density at radius 1 is 1.11 bits per heavy atom. The molecule has 1 unspecified atom stereocenters. The van der Waals surface area contributed by atoms with Crippen LogP contribution in [0.25, 0.3) is 0 Å². The van der Waals surface area contributed by atoms with Crippen molar-refractivity contribution in [3.8, 4) is 5.75 Å². The highest BCUT2D eigenvalue weighted by atomic mass is 16.5. The van der Waals surface area contributed by atoms with Crippen molar-refractivity contribution in [2.45, 2.75) is 46.6 Å². The van der Waals surface area contributed by atoms with Gasteiger partial charge in [0.2, 0.25) is 0 Å². The molecular formula is C16H27NO. The first kappa shape index (κ1) is 15.0. The van der Waals surface area contributed by atoms with Crippen LogP contribution in [0, 0.1) is 19.8 Å². The monoisotopic (exact) mass is 249 g/mol. The molecule has 1 N–H and O–H groups in total.